The van der Waals surface area contributed by atoms with E-state index in [0.717, 1.165) is 43.6 Å². The zero-order valence-electron chi connectivity index (χ0n) is 12.7. The van der Waals surface area contributed by atoms with Crippen LogP contribution < -0.4 is 0 Å². The molecule has 1 N–H and O–H groups in total. The monoisotopic (exact) mass is 286 g/mol. The van der Waals surface area contributed by atoms with Gasteiger partial charge in [-0.3, -0.25) is 9.69 Å². The maximum atomic E-state index is 12.6. The summed E-state index contributed by atoms with van der Waals surface area (Å²) in [6.45, 7) is 8.04. The number of likely N-dealkylation sites (tertiary alicyclic amines) is 1. The molecule has 0 saturated carbocycles. The number of H-pyrrole nitrogens is 1. The Hall–Kier alpha value is -1.88. The summed E-state index contributed by atoms with van der Waals surface area (Å²) in [5.41, 5.74) is 1.76. The molecule has 21 heavy (non-hydrogen) atoms. The van der Waals surface area contributed by atoms with Crippen LogP contribution in [0.3, 0.4) is 0 Å². The normalized spacial score (nSPS) is 18.8. The van der Waals surface area contributed by atoms with Crippen molar-refractivity contribution < 1.29 is 4.79 Å². The van der Waals surface area contributed by atoms with Crippen molar-refractivity contribution >= 4 is 16.9 Å². The molecule has 1 aromatic carbocycles. The van der Waals surface area contributed by atoms with E-state index in [9.17, 15) is 4.79 Å². The van der Waals surface area contributed by atoms with Crippen LogP contribution in [0.25, 0.3) is 11.0 Å². The number of fused-ring (bicyclic) bond motifs is 1. The van der Waals surface area contributed by atoms with Gasteiger partial charge >= 0.3 is 0 Å². The minimum atomic E-state index is 0.0147. The van der Waals surface area contributed by atoms with Crippen LogP contribution in [-0.2, 0) is 0 Å². The molecule has 1 saturated heterocycles. The number of imidazole rings is 1. The van der Waals surface area contributed by atoms with E-state index in [-0.39, 0.29) is 5.91 Å². The van der Waals surface area contributed by atoms with Crippen LogP contribution in [0, 0.1) is 0 Å². The van der Waals surface area contributed by atoms with E-state index in [1.54, 1.807) is 0 Å². The molecule has 1 aliphatic heterocycles. The average Bonchev–Trinajstić information content (AvgIpc) is 3.14. The number of nitrogens with zero attached hydrogens (tertiary/aromatic N) is 3. The number of benzene rings is 1. The lowest BCUT2D eigenvalue weighted by Crippen LogP contribution is -2.38. The van der Waals surface area contributed by atoms with Crippen molar-refractivity contribution in [3.8, 4) is 0 Å². The number of aromatic nitrogens is 2. The molecule has 0 aliphatic carbocycles. The summed E-state index contributed by atoms with van der Waals surface area (Å²) in [5, 5.41) is 0. The second-order valence-corrected chi connectivity index (χ2v) is 5.52. The summed E-state index contributed by atoms with van der Waals surface area (Å²) in [7, 11) is 0. The number of carbonyl (C=O) groups is 1. The van der Waals surface area contributed by atoms with E-state index >= 15 is 0 Å². The van der Waals surface area contributed by atoms with Crippen LogP contribution in [0.1, 0.15) is 30.9 Å². The Morgan fingerprint density at radius 2 is 2.14 bits per heavy atom. The fourth-order valence-corrected chi connectivity index (χ4v) is 3.17. The first-order valence-electron chi connectivity index (χ1n) is 7.71. The Labute approximate surface area is 125 Å². The van der Waals surface area contributed by atoms with Gasteiger partial charge in [0.05, 0.1) is 11.0 Å². The second-order valence-electron chi connectivity index (χ2n) is 5.52. The minimum Gasteiger partial charge on any atom is -0.334 e. The number of amides is 1. The quantitative estimate of drug-likeness (QED) is 0.936. The summed E-state index contributed by atoms with van der Waals surface area (Å²) < 4.78 is 0. The van der Waals surface area contributed by atoms with Crippen molar-refractivity contribution in [1.29, 1.82) is 0 Å². The topological polar surface area (TPSA) is 52.2 Å². The fourth-order valence-electron chi connectivity index (χ4n) is 3.17. The molecule has 1 aliphatic rings. The summed E-state index contributed by atoms with van der Waals surface area (Å²) >= 11 is 0. The van der Waals surface area contributed by atoms with Gasteiger partial charge in [0.25, 0.3) is 5.91 Å². The van der Waals surface area contributed by atoms with Gasteiger partial charge in [0, 0.05) is 19.1 Å². The van der Waals surface area contributed by atoms with Crippen LogP contribution >= 0.6 is 0 Å². The molecule has 3 rings (SSSR count). The summed E-state index contributed by atoms with van der Waals surface area (Å²) in [5.74, 6) is 0.470. The molecule has 5 nitrogen and oxygen atoms in total. The summed E-state index contributed by atoms with van der Waals surface area (Å²) in [6.07, 6.45) is 1.05. The van der Waals surface area contributed by atoms with Crippen LogP contribution in [0.5, 0.6) is 0 Å². The zero-order chi connectivity index (χ0) is 14.8. The van der Waals surface area contributed by atoms with E-state index in [4.69, 9.17) is 0 Å². The van der Waals surface area contributed by atoms with Crippen LogP contribution in [0.2, 0.25) is 0 Å². The third-order valence-electron chi connectivity index (χ3n) is 4.37. The molecule has 1 amide bonds. The van der Waals surface area contributed by atoms with Crippen LogP contribution in [-0.4, -0.2) is 57.9 Å². The van der Waals surface area contributed by atoms with Gasteiger partial charge in [-0.15, -0.1) is 0 Å². The summed E-state index contributed by atoms with van der Waals surface area (Å²) in [4.78, 5) is 24.5. The number of likely N-dealkylation sites (N-methyl/N-ethyl adjacent to an activating group) is 1. The van der Waals surface area contributed by atoms with Crippen molar-refractivity contribution in [2.45, 2.75) is 26.3 Å². The van der Waals surface area contributed by atoms with Gasteiger partial charge in [0.2, 0.25) is 0 Å². The Morgan fingerprint density at radius 1 is 1.38 bits per heavy atom. The highest BCUT2D eigenvalue weighted by molar-refractivity contribution is 5.94. The predicted molar refractivity (Wildman–Crippen MR) is 83.3 cm³/mol. The fraction of sp³-hybridized carbons (Fsp3) is 0.500. The third kappa shape index (κ3) is 2.65. The maximum absolute atomic E-state index is 12.6. The first kappa shape index (κ1) is 14.1. The van der Waals surface area contributed by atoms with E-state index in [0.29, 0.717) is 11.9 Å². The van der Waals surface area contributed by atoms with E-state index in [1.165, 1.54) is 0 Å². The van der Waals surface area contributed by atoms with Gasteiger partial charge in [0.1, 0.15) is 0 Å². The second kappa shape index (κ2) is 5.85. The predicted octanol–water partition coefficient (Wildman–Crippen LogP) is 2.12. The first-order chi connectivity index (χ1) is 10.2. The molecule has 1 atom stereocenters. The van der Waals surface area contributed by atoms with Gasteiger partial charge in [0.15, 0.2) is 5.82 Å². The highest BCUT2D eigenvalue weighted by Crippen LogP contribution is 2.18. The average molecular weight is 286 g/mol. The molecular formula is C16H22N4O. The lowest BCUT2D eigenvalue weighted by molar-refractivity contribution is 0.0767. The van der Waals surface area contributed by atoms with Gasteiger partial charge in [-0.2, -0.15) is 0 Å². The van der Waals surface area contributed by atoms with Gasteiger partial charge in [-0.25, -0.2) is 4.98 Å². The smallest absolute Gasteiger partial charge is 0.289 e. The largest absolute Gasteiger partial charge is 0.334 e. The van der Waals surface area contributed by atoms with Gasteiger partial charge < -0.3 is 9.88 Å². The molecule has 1 aromatic heterocycles. The zero-order valence-corrected chi connectivity index (χ0v) is 12.7. The highest BCUT2D eigenvalue weighted by atomic mass is 16.2. The van der Waals surface area contributed by atoms with Crippen molar-refractivity contribution in [2.75, 3.05) is 26.2 Å². The number of para-hydroxylation sites is 2. The minimum absolute atomic E-state index is 0.0147. The van der Waals surface area contributed by atoms with E-state index in [1.807, 2.05) is 29.2 Å². The van der Waals surface area contributed by atoms with Gasteiger partial charge in [-0.05, 0) is 31.6 Å². The standard InChI is InChI=1S/C16H22N4O/c1-3-19(4-2)12-9-10-20(11-12)16(21)15-17-13-7-5-6-8-14(13)18-15/h5-8,12H,3-4,9-11H2,1-2H3,(H,17,18)/t12-/m0/s1. The Kier molecular flexibility index (Phi) is 3.92. The Balaban J connectivity index is 1.74. The number of hydrogen-bond acceptors (Lipinski definition) is 3. The molecule has 2 heterocycles. The summed E-state index contributed by atoms with van der Waals surface area (Å²) in [6, 6.07) is 8.23. The number of carbonyl (C=O) groups excluding carboxylic acids is 1. The molecular weight excluding hydrogens is 264 g/mol. The maximum Gasteiger partial charge on any atom is 0.289 e. The Bertz CT molecular complexity index is 599. The lowest BCUT2D eigenvalue weighted by Gasteiger charge is -2.25. The van der Waals surface area contributed by atoms with E-state index in [2.05, 4.69) is 28.7 Å². The van der Waals surface area contributed by atoms with Crippen molar-refractivity contribution in [2.24, 2.45) is 0 Å². The number of nitrogens with one attached hydrogen (secondary N) is 1. The molecule has 2 aromatic rings. The molecule has 0 unspecified atom stereocenters. The number of hydrogen-bond donors (Lipinski definition) is 1. The van der Waals surface area contributed by atoms with Crippen molar-refractivity contribution in [3.63, 3.8) is 0 Å². The van der Waals surface area contributed by atoms with Gasteiger partial charge in [-0.1, -0.05) is 26.0 Å². The van der Waals surface area contributed by atoms with E-state index < -0.39 is 0 Å². The van der Waals surface area contributed by atoms with Crippen LogP contribution in [0.15, 0.2) is 24.3 Å². The Morgan fingerprint density at radius 3 is 2.86 bits per heavy atom. The highest BCUT2D eigenvalue weighted by Gasteiger charge is 2.30. The first-order valence-corrected chi connectivity index (χ1v) is 7.71. The number of aromatic amines is 1. The van der Waals surface area contributed by atoms with Crippen molar-refractivity contribution in [3.05, 3.63) is 30.1 Å². The third-order valence-corrected chi connectivity index (χ3v) is 4.37. The number of rotatable bonds is 4. The molecule has 112 valence electrons. The lowest BCUT2D eigenvalue weighted by atomic mass is 10.2. The molecule has 0 spiro atoms. The van der Waals surface area contributed by atoms with Crippen LogP contribution in [0.4, 0.5) is 0 Å². The molecule has 5 heteroatoms. The molecule has 0 radical (unpaired) electrons. The molecule has 1 fully saturated rings. The van der Waals surface area contributed by atoms with Crippen molar-refractivity contribution in [1.82, 2.24) is 19.8 Å². The SMILES string of the molecule is CCN(CC)[C@H]1CCN(C(=O)c2nc3ccccc3[nH]2)C1. The molecule has 0 bridgehead atoms.